The van der Waals surface area contributed by atoms with Crippen LogP contribution in [0, 0.1) is 13.8 Å². The maximum atomic E-state index is 14.2. The van der Waals surface area contributed by atoms with E-state index in [2.05, 4.69) is 0 Å². The number of amides is 1. The number of carbonyl (C=O) groups is 1. The van der Waals surface area contributed by atoms with E-state index in [4.69, 9.17) is 22.3 Å². The second-order valence-corrected chi connectivity index (χ2v) is 10.9. The average molecular weight is 576 g/mol. The average Bonchev–Trinajstić information content (AvgIpc) is 3.40. The molecule has 5 nitrogen and oxygen atoms in total. The summed E-state index contributed by atoms with van der Waals surface area (Å²) in [6.45, 7) is 7.36. The van der Waals surface area contributed by atoms with Crippen molar-refractivity contribution in [3.05, 3.63) is 117 Å². The van der Waals surface area contributed by atoms with Crippen LogP contribution in [0.5, 0.6) is 0 Å². The van der Waals surface area contributed by atoms with Crippen LogP contribution < -0.4 is 5.73 Å². The lowest BCUT2D eigenvalue weighted by Gasteiger charge is -2.25. The van der Waals surface area contributed by atoms with Crippen molar-refractivity contribution in [2.24, 2.45) is 10.7 Å². The van der Waals surface area contributed by atoms with E-state index < -0.39 is 18.9 Å². The van der Waals surface area contributed by atoms with Crippen molar-refractivity contribution >= 4 is 42.3 Å². The Morgan fingerprint density at radius 3 is 2.41 bits per heavy atom. The summed E-state index contributed by atoms with van der Waals surface area (Å²) in [5, 5.41) is 11.4. The first-order chi connectivity index (χ1) is 19.4. The molecular weight excluding hydrogens is 543 g/mol. The summed E-state index contributed by atoms with van der Waals surface area (Å²) >= 11 is 6.03. The summed E-state index contributed by atoms with van der Waals surface area (Å²) < 4.78 is 29.4. The van der Waals surface area contributed by atoms with E-state index in [0.29, 0.717) is 46.1 Å². The second kappa shape index (κ2) is 12.4. The lowest BCUT2D eigenvalue weighted by atomic mass is 9.88. The number of aliphatic imine (C=N–C) groups is 1. The molecule has 1 aromatic heterocycles. The molecule has 1 aliphatic rings. The minimum atomic E-state index is -2.68. The van der Waals surface area contributed by atoms with Crippen molar-refractivity contribution in [2.75, 3.05) is 0 Å². The molecule has 1 unspecified atom stereocenters. The summed E-state index contributed by atoms with van der Waals surface area (Å²) in [7, 11) is -2.68. The molecule has 3 aromatic rings. The second-order valence-electron chi connectivity index (χ2n) is 10.4. The Morgan fingerprint density at radius 1 is 1.12 bits per heavy atom. The zero-order valence-corrected chi connectivity index (χ0v) is 24.3. The van der Waals surface area contributed by atoms with Gasteiger partial charge in [0, 0.05) is 27.7 Å². The Labute approximate surface area is 244 Å². The van der Waals surface area contributed by atoms with E-state index in [1.807, 2.05) is 63.3 Å². The number of nitrogens with zero attached hydrogens (tertiary/aromatic N) is 2. The lowest BCUT2D eigenvalue weighted by Crippen LogP contribution is -2.41. The third kappa shape index (κ3) is 6.44. The fraction of sp³-hybridized carbons (Fsp3) is 0.250. The number of carbonyl (C=O) groups excluding carboxylic acids is 1. The van der Waals surface area contributed by atoms with E-state index in [0.717, 1.165) is 32.5 Å². The van der Waals surface area contributed by atoms with Crippen LogP contribution in [0.15, 0.2) is 83.0 Å². The molecular formula is C32H33BClF2N3O2. The first kappa shape index (κ1) is 30.2. The third-order valence-electron chi connectivity index (χ3n) is 7.30. The van der Waals surface area contributed by atoms with Gasteiger partial charge in [0.25, 0.3) is 5.91 Å². The van der Waals surface area contributed by atoms with E-state index in [-0.39, 0.29) is 6.42 Å². The van der Waals surface area contributed by atoms with Crippen molar-refractivity contribution in [1.82, 2.24) is 4.48 Å². The molecule has 1 amide bonds. The molecule has 0 spiro atoms. The number of unbranched alkanes of at least 4 members (excludes halogenated alkanes) is 1. The summed E-state index contributed by atoms with van der Waals surface area (Å²) in [6.07, 6.45) is 7.13. The van der Waals surface area contributed by atoms with Gasteiger partial charge in [-0.05, 0) is 99.1 Å². The van der Waals surface area contributed by atoms with Gasteiger partial charge in [0.1, 0.15) is 0 Å². The van der Waals surface area contributed by atoms with Crippen LogP contribution in [0.3, 0.4) is 0 Å². The predicted octanol–water partition coefficient (Wildman–Crippen LogP) is 7.27. The Balaban J connectivity index is 1.55. The molecule has 0 fully saturated rings. The van der Waals surface area contributed by atoms with Gasteiger partial charge in [-0.3, -0.25) is 18.4 Å². The van der Waals surface area contributed by atoms with Crippen molar-refractivity contribution in [3.8, 4) is 0 Å². The maximum absolute atomic E-state index is 14.2. The SMILES string of the molecule is CC1=CC(C)=N/C1=C(\c1ccc(/C=C/CCCC(O)(C(N)=O)c2cccc(Cl)c2)cc1)c1c(C)cc(C)n1B(F)F. The lowest BCUT2D eigenvalue weighted by molar-refractivity contribution is -0.138. The first-order valence-corrected chi connectivity index (χ1v) is 13.8. The number of halogens is 3. The summed E-state index contributed by atoms with van der Waals surface area (Å²) in [5.41, 5.74) is 10.6. The van der Waals surface area contributed by atoms with Gasteiger partial charge in [-0.15, -0.1) is 0 Å². The van der Waals surface area contributed by atoms with Gasteiger partial charge in [0.05, 0.1) is 5.70 Å². The third-order valence-corrected chi connectivity index (χ3v) is 7.54. The highest BCUT2D eigenvalue weighted by Crippen LogP contribution is 2.37. The van der Waals surface area contributed by atoms with Gasteiger partial charge in [0.15, 0.2) is 5.60 Å². The number of aromatic nitrogens is 1. The van der Waals surface area contributed by atoms with Crippen LogP contribution in [-0.2, 0) is 10.4 Å². The van der Waals surface area contributed by atoms with Crippen LogP contribution in [0.2, 0.25) is 5.02 Å². The number of rotatable bonds is 10. The summed E-state index contributed by atoms with van der Waals surface area (Å²) in [6, 6.07) is 16.0. The Morgan fingerprint density at radius 2 is 1.83 bits per heavy atom. The predicted molar refractivity (Wildman–Crippen MR) is 164 cm³/mol. The van der Waals surface area contributed by atoms with Crippen LogP contribution in [-0.4, -0.2) is 28.6 Å². The van der Waals surface area contributed by atoms with Crippen molar-refractivity contribution in [1.29, 1.82) is 0 Å². The van der Waals surface area contributed by atoms with Crippen molar-refractivity contribution < 1.29 is 18.5 Å². The molecule has 0 bridgehead atoms. The zero-order valence-electron chi connectivity index (χ0n) is 23.6. The van der Waals surface area contributed by atoms with Gasteiger partial charge in [-0.2, -0.15) is 0 Å². The molecule has 0 aliphatic carbocycles. The fourth-order valence-electron chi connectivity index (χ4n) is 5.32. The van der Waals surface area contributed by atoms with Crippen LogP contribution in [0.1, 0.15) is 66.8 Å². The van der Waals surface area contributed by atoms with Gasteiger partial charge in [0.2, 0.25) is 0 Å². The highest BCUT2D eigenvalue weighted by Gasteiger charge is 2.35. The van der Waals surface area contributed by atoms with E-state index in [1.54, 1.807) is 37.3 Å². The number of benzene rings is 2. The fourth-order valence-corrected chi connectivity index (χ4v) is 5.51. The van der Waals surface area contributed by atoms with Crippen molar-refractivity contribution in [2.45, 2.75) is 52.6 Å². The Bertz CT molecular complexity index is 1590. The quantitative estimate of drug-likeness (QED) is 0.197. The van der Waals surface area contributed by atoms with Crippen molar-refractivity contribution in [3.63, 3.8) is 0 Å². The van der Waals surface area contributed by atoms with Gasteiger partial charge in [-0.1, -0.05) is 60.2 Å². The number of hydrogen-bond acceptors (Lipinski definition) is 3. The molecule has 41 heavy (non-hydrogen) atoms. The van der Waals surface area contributed by atoms with E-state index >= 15 is 0 Å². The summed E-state index contributed by atoms with van der Waals surface area (Å²) in [5.74, 6) is -0.820. The Hall–Kier alpha value is -3.75. The number of allylic oxidation sites excluding steroid dienone is 3. The minimum absolute atomic E-state index is 0.151. The standard InChI is InChI=1S/C32H33BClF2N3O2/c1-20-17-22(3)38-29(20)28(30-21(2)18-23(4)39(30)33(35)36)25-14-12-24(13-15-25)9-6-5-7-16-32(41,31(37)40)26-10-8-11-27(34)19-26/h6,8-15,17-19,41H,5,7,16H2,1-4H3,(H2,37,40)/b9-6+,29-28+. The topological polar surface area (TPSA) is 80.6 Å². The molecule has 0 radical (unpaired) electrons. The number of nitrogens with two attached hydrogens (primary N) is 1. The van der Waals surface area contributed by atoms with Gasteiger partial charge in [-0.25, -0.2) is 0 Å². The van der Waals surface area contributed by atoms with Gasteiger partial charge < -0.3 is 15.3 Å². The molecule has 1 atom stereocenters. The van der Waals surface area contributed by atoms with E-state index in [9.17, 15) is 18.5 Å². The molecule has 0 saturated heterocycles. The smallest absolute Gasteiger partial charge is 0.375 e. The largest absolute Gasteiger partial charge is 0.677 e. The highest BCUT2D eigenvalue weighted by atomic mass is 35.5. The molecule has 2 aromatic carbocycles. The van der Waals surface area contributed by atoms with Crippen LogP contribution >= 0.6 is 11.6 Å². The van der Waals surface area contributed by atoms with Gasteiger partial charge >= 0.3 is 7.40 Å². The number of aliphatic hydroxyl groups is 1. The maximum Gasteiger partial charge on any atom is 0.677 e. The zero-order chi connectivity index (χ0) is 29.9. The van der Waals surface area contributed by atoms with Crippen LogP contribution in [0.25, 0.3) is 11.6 Å². The Kier molecular flexibility index (Phi) is 9.15. The monoisotopic (exact) mass is 575 g/mol. The van der Waals surface area contributed by atoms with E-state index in [1.165, 1.54) is 0 Å². The molecule has 0 saturated carbocycles. The molecule has 1 aliphatic heterocycles. The molecule has 2 heterocycles. The minimum Gasteiger partial charge on any atom is -0.375 e. The molecule has 4 rings (SSSR count). The normalized spacial score (nSPS) is 16.0. The van der Waals surface area contributed by atoms with Crippen LogP contribution in [0.4, 0.5) is 8.63 Å². The molecule has 3 N–H and O–H groups in total. The molecule has 212 valence electrons. The first-order valence-electron chi connectivity index (χ1n) is 13.4. The number of aryl methyl sites for hydroxylation is 2. The molecule has 9 heteroatoms. The number of primary amides is 1. The summed E-state index contributed by atoms with van der Waals surface area (Å²) in [4.78, 5) is 16.8. The highest BCUT2D eigenvalue weighted by molar-refractivity contribution is 6.41. The number of hydrogen-bond donors (Lipinski definition) is 2.